The average molecular weight is 362 g/mol. The lowest BCUT2D eigenvalue weighted by Crippen LogP contribution is -2.33. The van der Waals surface area contributed by atoms with Gasteiger partial charge in [0.25, 0.3) is 0 Å². The summed E-state index contributed by atoms with van der Waals surface area (Å²) in [5.74, 6) is -0.0684. The van der Waals surface area contributed by atoms with Crippen LogP contribution in [0.1, 0.15) is 23.7 Å². The van der Waals surface area contributed by atoms with Crippen molar-refractivity contribution in [1.29, 1.82) is 0 Å². The molecule has 0 saturated heterocycles. The summed E-state index contributed by atoms with van der Waals surface area (Å²) in [6, 6.07) is 7.08. The Labute approximate surface area is 147 Å². The van der Waals surface area contributed by atoms with Gasteiger partial charge in [-0.1, -0.05) is 6.07 Å². The molecule has 2 N–H and O–H groups in total. The van der Waals surface area contributed by atoms with Gasteiger partial charge in [0.2, 0.25) is 15.9 Å². The fraction of sp³-hybridized carbons (Fsp3) is 0.412. The number of amides is 1. The summed E-state index contributed by atoms with van der Waals surface area (Å²) in [6.45, 7) is 4.13. The van der Waals surface area contributed by atoms with Crippen molar-refractivity contribution in [2.75, 3.05) is 6.54 Å². The summed E-state index contributed by atoms with van der Waals surface area (Å²) < 4.78 is 29.3. The molecule has 0 fully saturated rings. The molecule has 1 amide bonds. The number of carbonyl (C=O) groups excluding carboxylic acids is 1. The van der Waals surface area contributed by atoms with Crippen LogP contribution >= 0.6 is 0 Å². The standard InChI is InChI=1S/C17H22N4O3S/c1-12-5-7-21(20-12)8-6-18-25(23,24)17-4-3-14-9-16(19-13(2)22)10-15(14)11-17/h3-5,7,11,16,18H,6,8-10H2,1-2H3,(H,19,22)/t16-/m1/s1. The Bertz CT molecular complexity index is 889. The van der Waals surface area contributed by atoms with E-state index >= 15 is 0 Å². The Hall–Kier alpha value is -2.19. The summed E-state index contributed by atoms with van der Waals surface area (Å²) in [5, 5.41) is 7.12. The van der Waals surface area contributed by atoms with Crippen molar-refractivity contribution in [2.24, 2.45) is 0 Å². The quantitative estimate of drug-likeness (QED) is 0.794. The van der Waals surface area contributed by atoms with E-state index in [0.29, 0.717) is 13.0 Å². The molecule has 0 aliphatic heterocycles. The van der Waals surface area contributed by atoms with Crippen molar-refractivity contribution in [3.63, 3.8) is 0 Å². The fourth-order valence-electron chi connectivity index (χ4n) is 3.12. The van der Waals surface area contributed by atoms with E-state index in [1.54, 1.807) is 16.8 Å². The van der Waals surface area contributed by atoms with E-state index in [4.69, 9.17) is 0 Å². The molecule has 7 nitrogen and oxygen atoms in total. The Morgan fingerprint density at radius 2 is 2.04 bits per heavy atom. The maximum absolute atomic E-state index is 12.5. The number of carbonyl (C=O) groups is 1. The third-order valence-electron chi connectivity index (χ3n) is 4.24. The highest BCUT2D eigenvalue weighted by Crippen LogP contribution is 2.25. The van der Waals surface area contributed by atoms with Crippen LogP contribution in [0.4, 0.5) is 0 Å². The van der Waals surface area contributed by atoms with E-state index in [1.807, 2.05) is 25.3 Å². The first-order valence-corrected chi connectivity index (χ1v) is 9.70. The first-order valence-electron chi connectivity index (χ1n) is 8.22. The van der Waals surface area contributed by atoms with Gasteiger partial charge in [-0.05, 0) is 49.1 Å². The molecule has 1 aromatic heterocycles. The number of aryl methyl sites for hydroxylation is 1. The zero-order valence-corrected chi connectivity index (χ0v) is 15.1. The SMILES string of the molecule is CC(=O)N[C@@H]1Cc2ccc(S(=O)(=O)NCCn3ccc(C)n3)cc2C1. The van der Waals surface area contributed by atoms with Gasteiger partial charge in [-0.2, -0.15) is 5.10 Å². The van der Waals surface area contributed by atoms with E-state index < -0.39 is 10.0 Å². The van der Waals surface area contributed by atoms with Gasteiger partial charge >= 0.3 is 0 Å². The summed E-state index contributed by atoms with van der Waals surface area (Å²) in [4.78, 5) is 11.4. The number of rotatable bonds is 6. The van der Waals surface area contributed by atoms with Crippen LogP contribution in [0.3, 0.4) is 0 Å². The largest absolute Gasteiger partial charge is 0.353 e. The maximum atomic E-state index is 12.5. The number of aromatic nitrogens is 2. The van der Waals surface area contributed by atoms with Gasteiger partial charge in [0.1, 0.15) is 0 Å². The highest BCUT2D eigenvalue weighted by Gasteiger charge is 2.24. The second-order valence-corrected chi connectivity index (χ2v) is 8.12. The molecule has 1 aliphatic rings. The van der Waals surface area contributed by atoms with Crippen LogP contribution in [0.2, 0.25) is 0 Å². The molecule has 3 rings (SSSR count). The Morgan fingerprint density at radius 1 is 1.28 bits per heavy atom. The van der Waals surface area contributed by atoms with Crippen LogP contribution in [-0.4, -0.2) is 36.7 Å². The molecule has 1 heterocycles. The number of hydrogen-bond acceptors (Lipinski definition) is 4. The third-order valence-corrected chi connectivity index (χ3v) is 5.69. The van der Waals surface area contributed by atoms with E-state index in [9.17, 15) is 13.2 Å². The average Bonchev–Trinajstić information content (AvgIpc) is 3.11. The Balaban J connectivity index is 1.64. The number of benzene rings is 1. The smallest absolute Gasteiger partial charge is 0.240 e. The van der Waals surface area contributed by atoms with E-state index in [2.05, 4.69) is 15.1 Å². The monoisotopic (exact) mass is 362 g/mol. The molecular formula is C17H22N4O3S. The minimum atomic E-state index is -3.56. The van der Waals surface area contributed by atoms with Crippen LogP contribution in [-0.2, 0) is 34.2 Å². The minimum absolute atomic E-state index is 0.0430. The number of nitrogens with one attached hydrogen (secondary N) is 2. The molecule has 0 saturated carbocycles. The normalized spacial score (nSPS) is 16.6. The van der Waals surface area contributed by atoms with Crippen LogP contribution in [0, 0.1) is 6.92 Å². The lowest BCUT2D eigenvalue weighted by Gasteiger charge is -2.09. The number of sulfonamides is 1. The molecule has 2 aromatic rings. The van der Waals surface area contributed by atoms with Crippen LogP contribution in [0.15, 0.2) is 35.4 Å². The zero-order chi connectivity index (χ0) is 18.0. The third kappa shape index (κ3) is 4.26. The zero-order valence-electron chi connectivity index (χ0n) is 14.3. The van der Waals surface area contributed by atoms with Crippen molar-refractivity contribution in [2.45, 2.75) is 44.2 Å². The molecule has 1 aromatic carbocycles. The van der Waals surface area contributed by atoms with Gasteiger partial charge in [-0.15, -0.1) is 0 Å². The first-order chi connectivity index (χ1) is 11.8. The molecular weight excluding hydrogens is 340 g/mol. The summed E-state index contributed by atoms with van der Waals surface area (Å²) >= 11 is 0. The van der Waals surface area contributed by atoms with E-state index in [0.717, 1.165) is 23.2 Å². The number of fused-ring (bicyclic) bond motifs is 1. The van der Waals surface area contributed by atoms with Gasteiger partial charge in [0, 0.05) is 25.7 Å². The molecule has 0 bridgehead atoms. The van der Waals surface area contributed by atoms with Crippen LogP contribution in [0.25, 0.3) is 0 Å². The summed E-state index contributed by atoms with van der Waals surface area (Å²) in [5.41, 5.74) is 2.96. The van der Waals surface area contributed by atoms with Crippen molar-refractivity contribution >= 4 is 15.9 Å². The van der Waals surface area contributed by atoms with Gasteiger partial charge < -0.3 is 5.32 Å². The van der Waals surface area contributed by atoms with Crippen LogP contribution < -0.4 is 10.0 Å². The highest BCUT2D eigenvalue weighted by molar-refractivity contribution is 7.89. The number of nitrogens with zero attached hydrogens (tertiary/aromatic N) is 2. The predicted octanol–water partition coefficient (Wildman–Crippen LogP) is 0.773. The molecule has 0 radical (unpaired) electrons. The Morgan fingerprint density at radius 3 is 2.72 bits per heavy atom. The molecule has 134 valence electrons. The Kier molecular flexibility index (Phi) is 4.91. The summed E-state index contributed by atoms with van der Waals surface area (Å²) in [7, 11) is -3.56. The van der Waals surface area contributed by atoms with Gasteiger partial charge in [-0.25, -0.2) is 13.1 Å². The first kappa shape index (κ1) is 17.6. The second kappa shape index (κ2) is 6.97. The second-order valence-electron chi connectivity index (χ2n) is 6.35. The van der Waals surface area contributed by atoms with Crippen molar-refractivity contribution in [3.8, 4) is 0 Å². The lowest BCUT2D eigenvalue weighted by atomic mass is 10.1. The van der Waals surface area contributed by atoms with E-state index in [-0.39, 0.29) is 23.4 Å². The molecule has 8 heteroatoms. The maximum Gasteiger partial charge on any atom is 0.240 e. The van der Waals surface area contributed by atoms with Gasteiger partial charge in [-0.3, -0.25) is 9.48 Å². The molecule has 1 atom stereocenters. The van der Waals surface area contributed by atoms with Gasteiger partial charge in [0.05, 0.1) is 17.1 Å². The number of hydrogen-bond donors (Lipinski definition) is 2. The predicted molar refractivity (Wildman–Crippen MR) is 93.6 cm³/mol. The molecule has 0 unspecified atom stereocenters. The van der Waals surface area contributed by atoms with Crippen molar-refractivity contribution in [1.82, 2.24) is 19.8 Å². The van der Waals surface area contributed by atoms with Gasteiger partial charge in [0.15, 0.2) is 0 Å². The highest BCUT2D eigenvalue weighted by atomic mass is 32.2. The van der Waals surface area contributed by atoms with E-state index in [1.165, 1.54) is 6.92 Å². The fourth-order valence-corrected chi connectivity index (χ4v) is 4.19. The molecule has 25 heavy (non-hydrogen) atoms. The van der Waals surface area contributed by atoms with Crippen molar-refractivity contribution in [3.05, 3.63) is 47.3 Å². The molecule has 0 spiro atoms. The lowest BCUT2D eigenvalue weighted by molar-refractivity contribution is -0.119. The minimum Gasteiger partial charge on any atom is -0.353 e. The topological polar surface area (TPSA) is 93.1 Å². The molecule has 1 aliphatic carbocycles. The summed E-state index contributed by atoms with van der Waals surface area (Å²) in [6.07, 6.45) is 3.22. The van der Waals surface area contributed by atoms with Crippen molar-refractivity contribution < 1.29 is 13.2 Å². The van der Waals surface area contributed by atoms with Crippen LogP contribution in [0.5, 0.6) is 0 Å².